The van der Waals surface area contributed by atoms with E-state index in [2.05, 4.69) is 15.3 Å². The predicted molar refractivity (Wildman–Crippen MR) is 81.4 cm³/mol. The second kappa shape index (κ2) is 6.43. The van der Waals surface area contributed by atoms with E-state index in [0.29, 0.717) is 12.4 Å². The van der Waals surface area contributed by atoms with Crippen molar-refractivity contribution in [1.82, 2.24) is 9.97 Å². The standard InChI is InChI=1S/C14H22N4O4/c1-14(2,3)17-12-10(18(19)20)13(22-8-7-21-4)16-11(15-12)9-5-6-9/h9H,5-8H2,1-4H3,(H,15,16,17). The lowest BCUT2D eigenvalue weighted by Gasteiger charge is -2.21. The summed E-state index contributed by atoms with van der Waals surface area (Å²) in [5.74, 6) is 1.09. The third-order valence-corrected chi connectivity index (χ3v) is 3.01. The lowest BCUT2D eigenvalue weighted by Crippen LogP contribution is -2.28. The molecule has 0 aliphatic heterocycles. The summed E-state index contributed by atoms with van der Waals surface area (Å²) < 4.78 is 10.4. The normalized spacial score (nSPS) is 14.7. The van der Waals surface area contributed by atoms with Gasteiger partial charge in [-0.25, -0.2) is 4.98 Å². The Hall–Kier alpha value is -1.96. The second-order valence-electron chi connectivity index (χ2n) is 6.33. The molecule has 1 aromatic rings. The van der Waals surface area contributed by atoms with Crippen molar-refractivity contribution >= 4 is 11.5 Å². The smallest absolute Gasteiger partial charge is 0.372 e. The van der Waals surface area contributed by atoms with E-state index < -0.39 is 4.92 Å². The second-order valence-corrected chi connectivity index (χ2v) is 6.33. The van der Waals surface area contributed by atoms with Gasteiger partial charge in [0.05, 0.1) is 11.5 Å². The Bertz CT molecular complexity index is 553. The van der Waals surface area contributed by atoms with Gasteiger partial charge in [-0.15, -0.1) is 0 Å². The molecule has 1 heterocycles. The molecule has 0 bridgehead atoms. The Balaban J connectivity index is 2.41. The molecule has 1 aliphatic rings. The minimum atomic E-state index is -0.507. The molecular weight excluding hydrogens is 288 g/mol. The van der Waals surface area contributed by atoms with Crippen LogP contribution in [-0.2, 0) is 4.74 Å². The van der Waals surface area contributed by atoms with Crippen LogP contribution in [0, 0.1) is 10.1 Å². The summed E-state index contributed by atoms with van der Waals surface area (Å²) in [4.78, 5) is 19.5. The van der Waals surface area contributed by atoms with Crippen LogP contribution in [-0.4, -0.2) is 40.8 Å². The van der Waals surface area contributed by atoms with Crippen LogP contribution in [0.4, 0.5) is 11.5 Å². The maximum atomic E-state index is 11.4. The van der Waals surface area contributed by atoms with Crippen molar-refractivity contribution in [3.05, 3.63) is 15.9 Å². The molecule has 1 aromatic heterocycles. The maximum absolute atomic E-state index is 11.4. The predicted octanol–water partition coefficient (Wildman–Crippen LogP) is 2.50. The zero-order valence-electron chi connectivity index (χ0n) is 13.4. The van der Waals surface area contributed by atoms with Crippen LogP contribution in [0.2, 0.25) is 0 Å². The van der Waals surface area contributed by atoms with Crippen LogP contribution < -0.4 is 10.1 Å². The lowest BCUT2D eigenvalue weighted by molar-refractivity contribution is -0.385. The monoisotopic (exact) mass is 310 g/mol. The molecule has 0 saturated heterocycles. The average Bonchev–Trinajstić information content (AvgIpc) is 3.20. The first-order valence-electron chi connectivity index (χ1n) is 7.28. The highest BCUT2D eigenvalue weighted by molar-refractivity contribution is 5.62. The molecule has 0 aromatic carbocycles. The summed E-state index contributed by atoms with van der Waals surface area (Å²) in [5, 5.41) is 14.5. The topological polar surface area (TPSA) is 99.4 Å². The van der Waals surface area contributed by atoms with Crippen molar-refractivity contribution in [2.75, 3.05) is 25.6 Å². The first-order chi connectivity index (χ1) is 10.3. The van der Waals surface area contributed by atoms with Crippen LogP contribution >= 0.6 is 0 Å². The molecule has 22 heavy (non-hydrogen) atoms. The van der Waals surface area contributed by atoms with E-state index in [1.807, 2.05) is 20.8 Å². The van der Waals surface area contributed by atoms with Gasteiger partial charge in [0, 0.05) is 18.6 Å². The van der Waals surface area contributed by atoms with Gasteiger partial charge in [0.1, 0.15) is 12.4 Å². The van der Waals surface area contributed by atoms with E-state index in [9.17, 15) is 10.1 Å². The molecule has 0 radical (unpaired) electrons. The number of nitro groups is 1. The van der Waals surface area contributed by atoms with E-state index >= 15 is 0 Å². The van der Waals surface area contributed by atoms with Gasteiger partial charge in [0.15, 0.2) is 0 Å². The van der Waals surface area contributed by atoms with Crippen LogP contribution in [0.25, 0.3) is 0 Å². The third-order valence-electron chi connectivity index (χ3n) is 3.01. The molecule has 122 valence electrons. The molecule has 8 heteroatoms. The molecule has 0 unspecified atom stereocenters. The lowest BCUT2D eigenvalue weighted by atomic mass is 10.1. The number of hydrogen-bond acceptors (Lipinski definition) is 7. The number of nitrogens with one attached hydrogen (secondary N) is 1. The first-order valence-corrected chi connectivity index (χ1v) is 7.28. The van der Waals surface area contributed by atoms with Gasteiger partial charge in [-0.3, -0.25) is 10.1 Å². The van der Waals surface area contributed by atoms with E-state index in [-0.39, 0.29) is 35.4 Å². The number of nitrogens with zero attached hydrogens (tertiary/aromatic N) is 3. The van der Waals surface area contributed by atoms with Crippen molar-refractivity contribution in [3.8, 4) is 5.88 Å². The zero-order valence-corrected chi connectivity index (χ0v) is 13.4. The number of rotatable bonds is 7. The van der Waals surface area contributed by atoms with E-state index in [1.54, 1.807) is 7.11 Å². The van der Waals surface area contributed by atoms with Crippen molar-refractivity contribution < 1.29 is 14.4 Å². The molecule has 1 aliphatic carbocycles. The third kappa shape index (κ3) is 4.27. The minimum absolute atomic E-state index is 0.00528. The molecule has 1 N–H and O–H groups in total. The summed E-state index contributed by atoms with van der Waals surface area (Å²) in [6.45, 7) is 6.29. The van der Waals surface area contributed by atoms with E-state index in [4.69, 9.17) is 9.47 Å². The molecule has 8 nitrogen and oxygen atoms in total. The van der Waals surface area contributed by atoms with Gasteiger partial charge < -0.3 is 14.8 Å². The zero-order chi connectivity index (χ0) is 16.3. The van der Waals surface area contributed by atoms with Gasteiger partial charge in [0.2, 0.25) is 5.82 Å². The summed E-state index contributed by atoms with van der Waals surface area (Å²) in [5.41, 5.74) is -0.584. The number of anilines is 1. The van der Waals surface area contributed by atoms with Gasteiger partial charge >= 0.3 is 5.69 Å². The van der Waals surface area contributed by atoms with E-state index in [1.165, 1.54) is 0 Å². The van der Waals surface area contributed by atoms with Gasteiger partial charge in [0.25, 0.3) is 5.88 Å². The first kappa shape index (κ1) is 16.4. The Morgan fingerprint density at radius 2 is 2.00 bits per heavy atom. The number of aromatic nitrogens is 2. The fourth-order valence-electron chi connectivity index (χ4n) is 1.90. The highest BCUT2D eigenvalue weighted by Gasteiger charge is 2.34. The fourth-order valence-corrected chi connectivity index (χ4v) is 1.90. The van der Waals surface area contributed by atoms with Crippen LogP contribution in [0.1, 0.15) is 45.4 Å². The molecule has 0 amide bonds. The number of hydrogen-bond donors (Lipinski definition) is 1. The highest BCUT2D eigenvalue weighted by atomic mass is 16.6. The van der Waals surface area contributed by atoms with Crippen LogP contribution in [0.15, 0.2) is 0 Å². The largest absolute Gasteiger partial charge is 0.470 e. The number of ether oxygens (including phenoxy) is 2. The molecule has 0 atom stereocenters. The van der Waals surface area contributed by atoms with Crippen molar-refractivity contribution in [3.63, 3.8) is 0 Å². The summed E-state index contributed by atoms with van der Waals surface area (Å²) >= 11 is 0. The molecule has 0 spiro atoms. The van der Waals surface area contributed by atoms with Crippen molar-refractivity contribution in [1.29, 1.82) is 0 Å². The molecule has 1 fully saturated rings. The molecule has 1 saturated carbocycles. The van der Waals surface area contributed by atoms with Gasteiger partial charge in [-0.2, -0.15) is 4.98 Å². The van der Waals surface area contributed by atoms with Crippen molar-refractivity contribution in [2.45, 2.75) is 45.1 Å². The Morgan fingerprint density at radius 1 is 1.32 bits per heavy atom. The highest BCUT2D eigenvalue weighted by Crippen LogP contribution is 2.42. The Kier molecular flexibility index (Phi) is 4.80. The van der Waals surface area contributed by atoms with Crippen LogP contribution in [0.3, 0.4) is 0 Å². The quantitative estimate of drug-likeness (QED) is 0.469. The summed E-state index contributed by atoms with van der Waals surface area (Å²) in [7, 11) is 1.54. The van der Waals surface area contributed by atoms with Crippen LogP contribution in [0.5, 0.6) is 5.88 Å². The molecule has 2 rings (SSSR count). The maximum Gasteiger partial charge on any atom is 0.372 e. The SMILES string of the molecule is COCCOc1nc(C2CC2)nc(NC(C)(C)C)c1[N+](=O)[O-]. The fraction of sp³-hybridized carbons (Fsp3) is 0.714. The Labute approximate surface area is 129 Å². The number of methoxy groups -OCH3 is 1. The average molecular weight is 310 g/mol. The van der Waals surface area contributed by atoms with Crippen molar-refractivity contribution in [2.24, 2.45) is 0 Å². The molecular formula is C14H22N4O4. The minimum Gasteiger partial charge on any atom is -0.470 e. The van der Waals surface area contributed by atoms with Gasteiger partial charge in [-0.1, -0.05) is 0 Å². The van der Waals surface area contributed by atoms with Gasteiger partial charge in [-0.05, 0) is 33.6 Å². The van der Waals surface area contributed by atoms with E-state index in [0.717, 1.165) is 12.8 Å². The Morgan fingerprint density at radius 3 is 2.50 bits per heavy atom. The summed E-state index contributed by atoms with van der Waals surface area (Å²) in [6.07, 6.45) is 2.01. The summed E-state index contributed by atoms with van der Waals surface area (Å²) in [6, 6.07) is 0.